The van der Waals surface area contributed by atoms with Gasteiger partial charge in [-0.15, -0.1) is 12.4 Å². The molecule has 0 aromatic rings. The van der Waals surface area contributed by atoms with E-state index in [9.17, 15) is 4.79 Å². The van der Waals surface area contributed by atoms with Crippen LogP contribution in [0.3, 0.4) is 0 Å². The molecule has 2 saturated heterocycles. The van der Waals surface area contributed by atoms with E-state index in [0.717, 1.165) is 58.0 Å². The van der Waals surface area contributed by atoms with E-state index >= 15 is 0 Å². The summed E-state index contributed by atoms with van der Waals surface area (Å²) in [5, 5.41) is 3.39. The molecular formula is C16H29ClN2O2. The number of halogens is 1. The van der Waals surface area contributed by atoms with Crippen molar-refractivity contribution in [1.82, 2.24) is 10.2 Å². The molecule has 0 bridgehead atoms. The van der Waals surface area contributed by atoms with Crippen molar-refractivity contribution in [2.45, 2.75) is 51.0 Å². The molecule has 1 N–H and O–H groups in total. The van der Waals surface area contributed by atoms with Crippen LogP contribution in [-0.2, 0) is 9.53 Å². The molecule has 2 heterocycles. The van der Waals surface area contributed by atoms with E-state index in [1.807, 2.05) is 0 Å². The van der Waals surface area contributed by atoms with Crippen molar-refractivity contribution in [3.63, 3.8) is 0 Å². The Morgan fingerprint density at radius 2 is 1.86 bits per heavy atom. The minimum Gasteiger partial charge on any atom is -0.381 e. The lowest BCUT2D eigenvalue weighted by Gasteiger charge is -2.27. The van der Waals surface area contributed by atoms with Gasteiger partial charge in [-0.1, -0.05) is 0 Å². The van der Waals surface area contributed by atoms with Gasteiger partial charge in [0.15, 0.2) is 0 Å². The summed E-state index contributed by atoms with van der Waals surface area (Å²) in [6, 6.07) is 0.552. The second kappa shape index (κ2) is 8.35. The first kappa shape index (κ1) is 17.0. The van der Waals surface area contributed by atoms with E-state index in [1.165, 1.54) is 25.7 Å². The second-order valence-electron chi connectivity index (χ2n) is 6.74. The molecule has 0 spiro atoms. The van der Waals surface area contributed by atoms with Gasteiger partial charge in [0, 0.05) is 31.5 Å². The lowest BCUT2D eigenvalue weighted by atomic mass is 9.93. The average molecular weight is 317 g/mol. The summed E-state index contributed by atoms with van der Waals surface area (Å²) in [5.74, 6) is 1.74. The summed E-state index contributed by atoms with van der Waals surface area (Å²) in [7, 11) is 0. The molecule has 4 nitrogen and oxygen atoms in total. The van der Waals surface area contributed by atoms with Gasteiger partial charge in [-0.2, -0.15) is 0 Å². The zero-order chi connectivity index (χ0) is 13.8. The normalized spacial score (nSPS) is 26.4. The van der Waals surface area contributed by atoms with Crippen LogP contribution in [0.2, 0.25) is 0 Å². The number of carbonyl (C=O) groups excluding carboxylic acids is 1. The van der Waals surface area contributed by atoms with Crippen LogP contribution in [0.5, 0.6) is 0 Å². The molecule has 1 saturated carbocycles. The highest BCUT2D eigenvalue weighted by Crippen LogP contribution is 2.30. The van der Waals surface area contributed by atoms with Crippen LogP contribution in [0.4, 0.5) is 0 Å². The molecule has 1 atom stereocenters. The van der Waals surface area contributed by atoms with Crippen LogP contribution in [0.25, 0.3) is 0 Å². The SMILES string of the molecule is Cl.O=C(CCC1CCNCC1)N(CC1CCOC1)C1CC1. The molecular weight excluding hydrogens is 288 g/mol. The van der Waals surface area contributed by atoms with Crippen molar-refractivity contribution < 1.29 is 9.53 Å². The molecule has 3 fully saturated rings. The number of amides is 1. The van der Waals surface area contributed by atoms with E-state index in [2.05, 4.69) is 10.2 Å². The van der Waals surface area contributed by atoms with Crippen LogP contribution in [-0.4, -0.2) is 49.7 Å². The van der Waals surface area contributed by atoms with Crippen LogP contribution < -0.4 is 5.32 Å². The summed E-state index contributed by atoms with van der Waals surface area (Å²) < 4.78 is 5.45. The molecule has 3 aliphatic rings. The highest BCUT2D eigenvalue weighted by molar-refractivity contribution is 5.85. The largest absolute Gasteiger partial charge is 0.381 e. The van der Waals surface area contributed by atoms with Gasteiger partial charge in [-0.05, 0) is 57.5 Å². The molecule has 3 rings (SSSR count). The molecule has 122 valence electrons. The van der Waals surface area contributed by atoms with E-state index in [4.69, 9.17) is 4.74 Å². The molecule has 5 heteroatoms. The smallest absolute Gasteiger partial charge is 0.222 e. The van der Waals surface area contributed by atoms with Crippen molar-refractivity contribution in [2.75, 3.05) is 32.8 Å². The van der Waals surface area contributed by atoms with Crippen molar-refractivity contribution in [3.8, 4) is 0 Å². The van der Waals surface area contributed by atoms with Gasteiger partial charge >= 0.3 is 0 Å². The highest BCUT2D eigenvalue weighted by atomic mass is 35.5. The Hall–Kier alpha value is -0.320. The van der Waals surface area contributed by atoms with Crippen LogP contribution in [0.15, 0.2) is 0 Å². The van der Waals surface area contributed by atoms with E-state index in [0.29, 0.717) is 17.9 Å². The van der Waals surface area contributed by atoms with Gasteiger partial charge in [0.05, 0.1) is 6.61 Å². The molecule has 1 unspecified atom stereocenters. The first-order valence-corrected chi connectivity index (χ1v) is 8.41. The fourth-order valence-electron chi connectivity index (χ4n) is 3.49. The Morgan fingerprint density at radius 3 is 2.48 bits per heavy atom. The number of nitrogens with one attached hydrogen (secondary N) is 1. The number of carbonyl (C=O) groups is 1. The van der Waals surface area contributed by atoms with Gasteiger partial charge < -0.3 is 15.0 Å². The van der Waals surface area contributed by atoms with E-state index in [1.54, 1.807) is 0 Å². The fraction of sp³-hybridized carbons (Fsp3) is 0.938. The fourth-order valence-corrected chi connectivity index (χ4v) is 3.49. The Morgan fingerprint density at radius 1 is 1.10 bits per heavy atom. The number of ether oxygens (including phenoxy) is 1. The Balaban J connectivity index is 0.00000161. The number of hydrogen-bond donors (Lipinski definition) is 1. The molecule has 1 amide bonds. The highest BCUT2D eigenvalue weighted by Gasteiger charge is 2.34. The first-order valence-electron chi connectivity index (χ1n) is 8.41. The van der Waals surface area contributed by atoms with Crippen LogP contribution >= 0.6 is 12.4 Å². The van der Waals surface area contributed by atoms with Crippen molar-refractivity contribution in [3.05, 3.63) is 0 Å². The van der Waals surface area contributed by atoms with Crippen LogP contribution in [0, 0.1) is 11.8 Å². The Bertz CT molecular complexity index is 324. The average Bonchev–Trinajstić information content (AvgIpc) is 3.20. The maximum absolute atomic E-state index is 12.5. The molecule has 1 aliphatic carbocycles. The van der Waals surface area contributed by atoms with Crippen molar-refractivity contribution >= 4 is 18.3 Å². The minimum atomic E-state index is 0. The number of rotatable bonds is 6. The summed E-state index contributed by atoms with van der Waals surface area (Å²) in [5.41, 5.74) is 0. The molecule has 0 aromatic carbocycles. The van der Waals surface area contributed by atoms with Gasteiger partial charge in [-0.3, -0.25) is 4.79 Å². The van der Waals surface area contributed by atoms with Crippen molar-refractivity contribution in [2.24, 2.45) is 11.8 Å². The number of piperidine rings is 1. The van der Waals surface area contributed by atoms with Gasteiger partial charge in [0.1, 0.15) is 0 Å². The summed E-state index contributed by atoms with van der Waals surface area (Å²) in [4.78, 5) is 14.7. The summed E-state index contributed by atoms with van der Waals surface area (Å²) in [6.07, 6.45) is 7.89. The zero-order valence-electron chi connectivity index (χ0n) is 12.9. The first-order chi connectivity index (χ1) is 9.83. The molecule has 0 radical (unpaired) electrons. The zero-order valence-corrected chi connectivity index (χ0v) is 13.7. The minimum absolute atomic E-state index is 0. The standard InChI is InChI=1S/C16H28N2O2.ClH/c19-16(4-1-13-5-8-17-9-6-13)18(15-2-3-15)11-14-7-10-20-12-14;/h13-15,17H,1-12H2;1H. The predicted octanol–water partition coefficient (Wildman–Crippen LogP) is 2.22. The monoisotopic (exact) mass is 316 g/mol. The molecule has 0 aromatic heterocycles. The second-order valence-corrected chi connectivity index (χ2v) is 6.74. The Labute approximate surface area is 134 Å². The maximum atomic E-state index is 12.5. The third kappa shape index (κ3) is 5.11. The molecule has 21 heavy (non-hydrogen) atoms. The maximum Gasteiger partial charge on any atom is 0.222 e. The third-order valence-electron chi connectivity index (χ3n) is 5.01. The van der Waals surface area contributed by atoms with Gasteiger partial charge in [0.25, 0.3) is 0 Å². The Kier molecular flexibility index (Phi) is 6.77. The lowest BCUT2D eigenvalue weighted by molar-refractivity contribution is -0.132. The quantitative estimate of drug-likeness (QED) is 0.817. The third-order valence-corrected chi connectivity index (χ3v) is 5.01. The summed E-state index contributed by atoms with van der Waals surface area (Å²) >= 11 is 0. The van der Waals surface area contributed by atoms with Gasteiger partial charge in [0.2, 0.25) is 5.91 Å². The topological polar surface area (TPSA) is 41.6 Å². The summed E-state index contributed by atoms with van der Waals surface area (Å²) in [6.45, 7) is 4.93. The lowest BCUT2D eigenvalue weighted by Crippen LogP contribution is -2.38. The van der Waals surface area contributed by atoms with E-state index < -0.39 is 0 Å². The predicted molar refractivity (Wildman–Crippen MR) is 85.7 cm³/mol. The van der Waals surface area contributed by atoms with Crippen LogP contribution in [0.1, 0.15) is 44.9 Å². The number of nitrogens with zero attached hydrogens (tertiary/aromatic N) is 1. The van der Waals surface area contributed by atoms with Gasteiger partial charge in [-0.25, -0.2) is 0 Å². The molecule has 2 aliphatic heterocycles. The van der Waals surface area contributed by atoms with E-state index in [-0.39, 0.29) is 12.4 Å². The van der Waals surface area contributed by atoms with Crippen molar-refractivity contribution in [1.29, 1.82) is 0 Å². The number of hydrogen-bond acceptors (Lipinski definition) is 3.